The van der Waals surface area contributed by atoms with E-state index in [1.807, 2.05) is 17.7 Å². The molecule has 0 aliphatic heterocycles. The van der Waals surface area contributed by atoms with Crippen LogP contribution in [0.15, 0.2) is 18.5 Å². The lowest BCUT2D eigenvalue weighted by Gasteiger charge is -2.02. The van der Waals surface area contributed by atoms with Crippen LogP contribution in [0.25, 0.3) is 21.9 Å². The summed E-state index contributed by atoms with van der Waals surface area (Å²) in [4.78, 5) is 12.0. The van der Waals surface area contributed by atoms with Crippen molar-refractivity contribution >= 4 is 27.9 Å². The van der Waals surface area contributed by atoms with Gasteiger partial charge in [-0.05, 0) is 12.1 Å². The number of nitrogen functional groups attached to an aromatic ring is 1. The summed E-state index contributed by atoms with van der Waals surface area (Å²) in [6.07, 6.45) is 1.71. The smallest absolute Gasteiger partial charge is 0.223 e. The molecule has 3 aromatic rings. The highest BCUT2D eigenvalue weighted by Crippen LogP contribution is 2.26. The predicted molar refractivity (Wildman–Crippen MR) is 59.9 cm³/mol. The van der Waals surface area contributed by atoms with Gasteiger partial charge in [0.15, 0.2) is 0 Å². The first kappa shape index (κ1) is 8.90. The van der Waals surface area contributed by atoms with E-state index in [0.717, 1.165) is 11.0 Å². The van der Waals surface area contributed by atoms with Gasteiger partial charge in [0, 0.05) is 7.05 Å². The third-order valence-corrected chi connectivity index (χ3v) is 2.54. The Morgan fingerprint density at radius 3 is 2.88 bits per heavy atom. The molecule has 2 heterocycles. The fourth-order valence-corrected chi connectivity index (χ4v) is 1.75. The minimum absolute atomic E-state index is 0.0616. The maximum atomic E-state index is 9.65. The first-order valence-corrected chi connectivity index (χ1v) is 4.72. The fraction of sp³-hybridized carbons (Fsp3) is 0.100. The Bertz CT molecular complexity index is 703. The van der Waals surface area contributed by atoms with Gasteiger partial charge in [-0.1, -0.05) is 0 Å². The second-order valence-electron chi connectivity index (χ2n) is 3.62. The number of imidazole rings is 1. The van der Waals surface area contributed by atoms with Crippen LogP contribution in [-0.4, -0.2) is 24.6 Å². The molecular weight excluding hydrogens is 206 g/mol. The molecule has 80 valence electrons. The molecule has 0 radical (unpaired) electrons. The highest BCUT2D eigenvalue weighted by Gasteiger charge is 2.08. The zero-order valence-corrected chi connectivity index (χ0v) is 8.55. The second kappa shape index (κ2) is 2.82. The van der Waals surface area contributed by atoms with E-state index in [0.29, 0.717) is 10.9 Å². The van der Waals surface area contributed by atoms with Gasteiger partial charge >= 0.3 is 0 Å². The second-order valence-corrected chi connectivity index (χ2v) is 3.62. The van der Waals surface area contributed by atoms with Crippen LogP contribution < -0.4 is 5.73 Å². The molecule has 0 aliphatic rings. The van der Waals surface area contributed by atoms with Crippen molar-refractivity contribution in [2.24, 2.45) is 7.05 Å². The molecule has 6 nitrogen and oxygen atoms in total. The number of aryl methyl sites for hydroxylation is 1. The van der Waals surface area contributed by atoms with Gasteiger partial charge in [-0.25, -0.2) is 9.97 Å². The zero-order chi connectivity index (χ0) is 11.3. The standard InChI is InChI=1S/C10H9N5O/c1-15-4-12-7-2-5-6(3-8(7)15)13-10(11)14-9(5)16/h2-4H,1H3,(H3,11,13,14,16). The molecule has 1 aromatic carbocycles. The minimum atomic E-state index is -0.116. The Balaban J connectivity index is 2.53. The number of aromatic hydroxyl groups is 1. The number of nitrogens with two attached hydrogens (primary N) is 1. The van der Waals surface area contributed by atoms with Crippen LogP contribution in [0.3, 0.4) is 0 Å². The maximum Gasteiger partial charge on any atom is 0.223 e. The fourth-order valence-electron chi connectivity index (χ4n) is 1.75. The van der Waals surface area contributed by atoms with Gasteiger partial charge < -0.3 is 15.4 Å². The van der Waals surface area contributed by atoms with E-state index in [1.165, 1.54) is 0 Å². The largest absolute Gasteiger partial charge is 0.493 e. The van der Waals surface area contributed by atoms with Gasteiger partial charge in [0.2, 0.25) is 11.8 Å². The molecule has 0 spiro atoms. The number of hydrogen-bond acceptors (Lipinski definition) is 5. The highest BCUT2D eigenvalue weighted by molar-refractivity contribution is 5.95. The van der Waals surface area contributed by atoms with Gasteiger partial charge in [-0.2, -0.15) is 4.98 Å². The van der Waals surface area contributed by atoms with E-state index >= 15 is 0 Å². The minimum Gasteiger partial charge on any atom is -0.493 e. The summed E-state index contributed by atoms with van der Waals surface area (Å²) in [5.74, 6) is -0.0541. The van der Waals surface area contributed by atoms with Crippen LogP contribution in [-0.2, 0) is 7.05 Å². The summed E-state index contributed by atoms with van der Waals surface area (Å²) >= 11 is 0. The molecule has 0 saturated heterocycles. The number of benzene rings is 1. The molecule has 6 heteroatoms. The molecule has 2 aromatic heterocycles. The molecule has 3 rings (SSSR count). The van der Waals surface area contributed by atoms with Crippen molar-refractivity contribution in [3.05, 3.63) is 18.5 Å². The van der Waals surface area contributed by atoms with Crippen molar-refractivity contribution in [2.45, 2.75) is 0 Å². The van der Waals surface area contributed by atoms with E-state index in [1.54, 1.807) is 12.4 Å². The lowest BCUT2D eigenvalue weighted by atomic mass is 10.2. The number of nitrogens with zero attached hydrogens (tertiary/aromatic N) is 4. The molecular formula is C10H9N5O. The number of fused-ring (bicyclic) bond motifs is 2. The average molecular weight is 215 g/mol. The van der Waals surface area contributed by atoms with Crippen LogP contribution in [0.4, 0.5) is 5.95 Å². The average Bonchev–Trinajstić information content (AvgIpc) is 2.58. The summed E-state index contributed by atoms with van der Waals surface area (Å²) in [5, 5.41) is 10.2. The molecule has 0 unspecified atom stereocenters. The molecule has 0 amide bonds. The Kier molecular flexibility index (Phi) is 1.57. The summed E-state index contributed by atoms with van der Waals surface area (Å²) < 4.78 is 1.88. The molecule has 16 heavy (non-hydrogen) atoms. The van der Waals surface area contributed by atoms with Crippen LogP contribution in [0.1, 0.15) is 0 Å². The quantitative estimate of drug-likeness (QED) is 0.579. The van der Waals surface area contributed by atoms with E-state index < -0.39 is 0 Å². The topological polar surface area (TPSA) is 89.8 Å². The number of hydrogen-bond donors (Lipinski definition) is 2. The van der Waals surface area contributed by atoms with Gasteiger partial charge in [0.1, 0.15) is 0 Å². The van der Waals surface area contributed by atoms with E-state index in [2.05, 4.69) is 15.0 Å². The van der Waals surface area contributed by atoms with Crippen molar-refractivity contribution in [2.75, 3.05) is 5.73 Å². The highest BCUT2D eigenvalue weighted by atomic mass is 16.3. The number of rotatable bonds is 0. The maximum absolute atomic E-state index is 9.65. The summed E-state index contributed by atoms with van der Waals surface area (Å²) in [7, 11) is 1.89. The summed E-state index contributed by atoms with van der Waals surface area (Å²) in [5.41, 5.74) is 7.82. The van der Waals surface area contributed by atoms with Crippen LogP contribution >= 0.6 is 0 Å². The van der Waals surface area contributed by atoms with Gasteiger partial charge in [-0.15, -0.1) is 0 Å². The Hall–Kier alpha value is -2.37. The molecule has 0 saturated carbocycles. The van der Waals surface area contributed by atoms with E-state index in [4.69, 9.17) is 5.73 Å². The molecule has 0 fully saturated rings. The van der Waals surface area contributed by atoms with Crippen LogP contribution in [0.2, 0.25) is 0 Å². The molecule has 3 N–H and O–H groups in total. The Morgan fingerprint density at radius 1 is 1.25 bits per heavy atom. The van der Waals surface area contributed by atoms with E-state index in [-0.39, 0.29) is 11.8 Å². The van der Waals surface area contributed by atoms with Crippen LogP contribution in [0, 0.1) is 0 Å². The predicted octanol–water partition coefficient (Wildman–Crippen LogP) is 0.804. The van der Waals surface area contributed by atoms with Gasteiger partial charge in [0.05, 0.1) is 28.3 Å². The number of anilines is 1. The lowest BCUT2D eigenvalue weighted by molar-refractivity contribution is 0.460. The molecule has 0 aliphatic carbocycles. The molecule has 0 bridgehead atoms. The van der Waals surface area contributed by atoms with E-state index in [9.17, 15) is 5.11 Å². The van der Waals surface area contributed by atoms with Crippen molar-refractivity contribution < 1.29 is 5.11 Å². The Labute approximate surface area is 90.4 Å². The van der Waals surface area contributed by atoms with Gasteiger partial charge in [-0.3, -0.25) is 0 Å². The monoisotopic (exact) mass is 215 g/mol. The first-order valence-electron chi connectivity index (χ1n) is 4.72. The van der Waals surface area contributed by atoms with Crippen molar-refractivity contribution in [1.82, 2.24) is 19.5 Å². The van der Waals surface area contributed by atoms with Crippen molar-refractivity contribution in [1.29, 1.82) is 0 Å². The zero-order valence-electron chi connectivity index (χ0n) is 8.55. The lowest BCUT2D eigenvalue weighted by Crippen LogP contribution is -1.95. The van der Waals surface area contributed by atoms with Crippen molar-refractivity contribution in [3.63, 3.8) is 0 Å². The SMILES string of the molecule is Cn1cnc2cc3c(O)nc(N)nc3cc21. The molecule has 0 atom stereocenters. The van der Waals surface area contributed by atoms with Gasteiger partial charge in [0.25, 0.3) is 0 Å². The number of aromatic nitrogens is 4. The third-order valence-electron chi connectivity index (χ3n) is 2.54. The normalized spacial score (nSPS) is 11.3. The Morgan fingerprint density at radius 2 is 2.06 bits per heavy atom. The van der Waals surface area contributed by atoms with Crippen molar-refractivity contribution in [3.8, 4) is 5.88 Å². The summed E-state index contributed by atoms with van der Waals surface area (Å²) in [6.45, 7) is 0. The summed E-state index contributed by atoms with van der Waals surface area (Å²) in [6, 6.07) is 3.58. The van der Waals surface area contributed by atoms with Crippen LogP contribution in [0.5, 0.6) is 5.88 Å². The first-order chi connectivity index (χ1) is 7.65. The third kappa shape index (κ3) is 1.10.